The van der Waals surface area contributed by atoms with Gasteiger partial charge in [-0.05, 0) is 42.0 Å². The zero-order chi connectivity index (χ0) is 18.4. The molecule has 1 aromatic heterocycles. The van der Waals surface area contributed by atoms with Crippen LogP contribution in [0.1, 0.15) is 21.6 Å². The van der Waals surface area contributed by atoms with Crippen molar-refractivity contribution in [3.8, 4) is 0 Å². The number of aromatic nitrogens is 1. The van der Waals surface area contributed by atoms with Gasteiger partial charge in [-0.1, -0.05) is 36.4 Å². The fourth-order valence-corrected chi connectivity index (χ4v) is 2.91. The SMILES string of the molecule is C=CCN(Cc1cccn1Cc1cccc(F)c1)C(=O)c1ccccc1. The van der Waals surface area contributed by atoms with Gasteiger partial charge in [-0.15, -0.1) is 6.58 Å². The molecule has 1 heterocycles. The molecule has 0 fully saturated rings. The van der Waals surface area contributed by atoms with Gasteiger partial charge in [-0.3, -0.25) is 4.79 Å². The molecule has 0 aliphatic heterocycles. The quantitative estimate of drug-likeness (QED) is 0.577. The molecule has 0 spiro atoms. The molecule has 0 N–H and O–H groups in total. The smallest absolute Gasteiger partial charge is 0.254 e. The lowest BCUT2D eigenvalue weighted by molar-refractivity contribution is 0.0759. The van der Waals surface area contributed by atoms with Gasteiger partial charge in [0.15, 0.2) is 0 Å². The van der Waals surface area contributed by atoms with Crippen LogP contribution in [0.25, 0.3) is 0 Å². The molecule has 0 bridgehead atoms. The topological polar surface area (TPSA) is 25.2 Å². The maximum atomic E-state index is 13.4. The number of carbonyl (C=O) groups excluding carboxylic acids is 1. The summed E-state index contributed by atoms with van der Waals surface area (Å²) >= 11 is 0. The van der Waals surface area contributed by atoms with Crippen molar-refractivity contribution in [1.82, 2.24) is 9.47 Å². The Bertz CT molecular complexity index is 886. The lowest BCUT2D eigenvalue weighted by atomic mass is 10.2. The molecule has 3 aromatic rings. The van der Waals surface area contributed by atoms with Crippen LogP contribution < -0.4 is 0 Å². The van der Waals surface area contributed by atoms with Crippen molar-refractivity contribution in [1.29, 1.82) is 0 Å². The van der Waals surface area contributed by atoms with E-state index in [0.717, 1.165) is 11.3 Å². The van der Waals surface area contributed by atoms with E-state index in [2.05, 4.69) is 6.58 Å². The van der Waals surface area contributed by atoms with Crippen LogP contribution >= 0.6 is 0 Å². The van der Waals surface area contributed by atoms with Crippen molar-refractivity contribution in [2.45, 2.75) is 13.1 Å². The molecule has 0 unspecified atom stereocenters. The summed E-state index contributed by atoms with van der Waals surface area (Å²) in [6.07, 6.45) is 3.67. The van der Waals surface area contributed by atoms with E-state index in [1.165, 1.54) is 12.1 Å². The summed E-state index contributed by atoms with van der Waals surface area (Å²) in [6.45, 7) is 5.24. The van der Waals surface area contributed by atoms with Gasteiger partial charge in [0.05, 0.1) is 6.54 Å². The van der Waals surface area contributed by atoms with E-state index in [1.807, 2.05) is 59.3 Å². The highest BCUT2D eigenvalue weighted by Gasteiger charge is 2.16. The van der Waals surface area contributed by atoms with E-state index in [1.54, 1.807) is 17.0 Å². The summed E-state index contributed by atoms with van der Waals surface area (Å²) in [7, 11) is 0. The average Bonchev–Trinajstić information content (AvgIpc) is 3.08. The fourth-order valence-electron chi connectivity index (χ4n) is 2.91. The standard InChI is InChI=1S/C22H21FN2O/c1-2-13-25(22(26)19-9-4-3-5-10-19)17-21-12-7-14-24(21)16-18-8-6-11-20(23)15-18/h2-12,14-15H,1,13,16-17H2. The van der Waals surface area contributed by atoms with Gasteiger partial charge in [0.2, 0.25) is 0 Å². The lowest BCUT2D eigenvalue weighted by Crippen LogP contribution is -2.31. The van der Waals surface area contributed by atoms with E-state index in [9.17, 15) is 9.18 Å². The summed E-state index contributed by atoms with van der Waals surface area (Å²) in [5.74, 6) is -0.284. The molecule has 0 radical (unpaired) electrons. The van der Waals surface area contributed by atoms with E-state index in [4.69, 9.17) is 0 Å². The van der Waals surface area contributed by atoms with Crippen molar-refractivity contribution in [2.75, 3.05) is 6.54 Å². The van der Waals surface area contributed by atoms with Crippen molar-refractivity contribution in [3.63, 3.8) is 0 Å². The maximum absolute atomic E-state index is 13.4. The predicted molar refractivity (Wildman–Crippen MR) is 101 cm³/mol. The molecule has 1 amide bonds. The molecule has 0 saturated carbocycles. The first kappa shape index (κ1) is 17.7. The van der Waals surface area contributed by atoms with Crippen LogP contribution in [-0.4, -0.2) is 21.9 Å². The minimum atomic E-state index is -0.247. The minimum absolute atomic E-state index is 0.0380. The second kappa shape index (κ2) is 8.30. The molecule has 3 rings (SSSR count). The van der Waals surface area contributed by atoms with E-state index >= 15 is 0 Å². The molecule has 3 nitrogen and oxygen atoms in total. The number of hydrogen-bond donors (Lipinski definition) is 0. The predicted octanol–water partition coefficient (Wildman–Crippen LogP) is 4.50. The monoisotopic (exact) mass is 348 g/mol. The van der Waals surface area contributed by atoms with Gasteiger partial charge in [0.1, 0.15) is 5.82 Å². The zero-order valence-corrected chi connectivity index (χ0v) is 14.5. The summed E-state index contributed by atoms with van der Waals surface area (Å²) in [6, 6.07) is 19.7. The third-order valence-corrected chi connectivity index (χ3v) is 4.18. The first-order valence-electron chi connectivity index (χ1n) is 8.51. The van der Waals surface area contributed by atoms with Gasteiger partial charge in [-0.2, -0.15) is 0 Å². The number of rotatable bonds is 7. The third-order valence-electron chi connectivity index (χ3n) is 4.18. The van der Waals surface area contributed by atoms with Gasteiger partial charge in [0, 0.05) is 30.5 Å². The average molecular weight is 348 g/mol. The Balaban J connectivity index is 1.79. The normalized spacial score (nSPS) is 10.5. The maximum Gasteiger partial charge on any atom is 0.254 e. The highest BCUT2D eigenvalue weighted by molar-refractivity contribution is 5.94. The van der Waals surface area contributed by atoms with Crippen LogP contribution in [0.5, 0.6) is 0 Å². The Morgan fingerprint density at radius 1 is 1.08 bits per heavy atom. The van der Waals surface area contributed by atoms with Crippen LogP contribution in [0.3, 0.4) is 0 Å². The van der Waals surface area contributed by atoms with Crippen molar-refractivity contribution in [2.24, 2.45) is 0 Å². The van der Waals surface area contributed by atoms with Crippen LogP contribution in [-0.2, 0) is 13.1 Å². The molecular weight excluding hydrogens is 327 g/mol. The Morgan fingerprint density at radius 2 is 1.88 bits per heavy atom. The van der Waals surface area contributed by atoms with E-state index < -0.39 is 0 Å². The zero-order valence-electron chi connectivity index (χ0n) is 14.5. The van der Waals surface area contributed by atoms with Gasteiger partial charge in [-0.25, -0.2) is 4.39 Å². The first-order chi connectivity index (χ1) is 12.7. The fraction of sp³-hybridized carbons (Fsp3) is 0.136. The Hall–Kier alpha value is -3.14. The van der Waals surface area contributed by atoms with Crippen molar-refractivity contribution < 1.29 is 9.18 Å². The molecule has 4 heteroatoms. The summed E-state index contributed by atoms with van der Waals surface area (Å²) in [5.41, 5.74) is 2.52. The van der Waals surface area contributed by atoms with Gasteiger partial charge in [0.25, 0.3) is 5.91 Å². The van der Waals surface area contributed by atoms with Gasteiger partial charge < -0.3 is 9.47 Å². The highest BCUT2D eigenvalue weighted by atomic mass is 19.1. The van der Waals surface area contributed by atoms with Crippen LogP contribution in [0, 0.1) is 5.82 Å². The van der Waals surface area contributed by atoms with E-state index in [0.29, 0.717) is 25.2 Å². The molecule has 2 aromatic carbocycles. The minimum Gasteiger partial charge on any atom is -0.345 e. The Kier molecular flexibility index (Phi) is 5.64. The number of benzene rings is 2. The Morgan fingerprint density at radius 3 is 2.62 bits per heavy atom. The van der Waals surface area contributed by atoms with Crippen molar-refractivity contribution >= 4 is 5.91 Å². The second-order valence-electron chi connectivity index (χ2n) is 6.10. The van der Waals surface area contributed by atoms with Gasteiger partial charge >= 0.3 is 0 Å². The molecule has 0 saturated heterocycles. The summed E-state index contributed by atoms with van der Waals surface area (Å²) < 4.78 is 15.5. The number of hydrogen-bond acceptors (Lipinski definition) is 1. The second-order valence-corrected chi connectivity index (χ2v) is 6.10. The molecule has 132 valence electrons. The molecule has 0 atom stereocenters. The van der Waals surface area contributed by atoms with Crippen LogP contribution in [0.15, 0.2) is 85.6 Å². The summed E-state index contributed by atoms with van der Waals surface area (Å²) in [5, 5.41) is 0. The van der Waals surface area contributed by atoms with E-state index in [-0.39, 0.29) is 11.7 Å². The molecular formula is C22H21FN2O. The molecule has 0 aliphatic rings. The molecule has 0 aliphatic carbocycles. The van der Waals surface area contributed by atoms with Crippen LogP contribution in [0.2, 0.25) is 0 Å². The number of nitrogens with zero attached hydrogens (tertiary/aromatic N) is 2. The van der Waals surface area contributed by atoms with Crippen LogP contribution in [0.4, 0.5) is 4.39 Å². The summed E-state index contributed by atoms with van der Waals surface area (Å²) in [4.78, 5) is 14.5. The molecule has 26 heavy (non-hydrogen) atoms. The number of amides is 1. The first-order valence-corrected chi connectivity index (χ1v) is 8.51. The Labute approximate surface area is 153 Å². The lowest BCUT2D eigenvalue weighted by Gasteiger charge is -2.22. The largest absolute Gasteiger partial charge is 0.345 e. The number of carbonyl (C=O) groups is 1. The number of halogens is 1. The highest BCUT2D eigenvalue weighted by Crippen LogP contribution is 2.14. The van der Waals surface area contributed by atoms with Crippen molar-refractivity contribution in [3.05, 3.63) is 108 Å². The third kappa shape index (κ3) is 4.28.